The van der Waals surface area contributed by atoms with Crippen LogP contribution in [0.3, 0.4) is 0 Å². The number of hydrogen-bond donors (Lipinski definition) is 1. The third kappa shape index (κ3) is 1.24. The molecule has 1 aromatic rings. The van der Waals surface area contributed by atoms with E-state index >= 15 is 0 Å². The average Bonchev–Trinajstić information content (AvgIpc) is 2.91. The Morgan fingerprint density at radius 3 is 2.69 bits per heavy atom. The van der Waals surface area contributed by atoms with Gasteiger partial charge in [0.1, 0.15) is 11.2 Å². The molecule has 1 aromatic heterocycles. The Kier molecular flexibility index (Phi) is 1.95. The van der Waals surface area contributed by atoms with E-state index in [4.69, 9.17) is 0 Å². The zero-order valence-corrected chi connectivity index (χ0v) is 9.42. The lowest BCUT2D eigenvalue weighted by Crippen LogP contribution is -2.48. The summed E-state index contributed by atoms with van der Waals surface area (Å²) in [6.45, 7) is 0. The lowest BCUT2D eigenvalue weighted by atomic mass is 9.66. The Morgan fingerprint density at radius 1 is 1.50 bits per heavy atom. The largest absolute Gasteiger partial charge is 0.481 e. The molecule has 2 aliphatic rings. The minimum absolute atomic E-state index is 0.0394. The summed E-state index contributed by atoms with van der Waals surface area (Å²) >= 11 is 1.39. The first-order valence-electron chi connectivity index (χ1n) is 5.32. The van der Waals surface area contributed by atoms with Crippen LogP contribution in [-0.4, -0.2) is 21.8 Å². The predicted octanol–water partition coefficient (Wildman–Crippen LogP) is 1.71. The monoisotopic (exact) mass is 237 g/mol. The van der Waals surface area contributed by atoms with E-state index in [-0.39, 0.29) is 18.6 Å². The molecule has 0 spiro atoms. The molecule has 16 heavy (non-hydrogen) atoms. The molecule has 2 fully saturated rings. The number of carbonyl (C=O) groups excluding carboxylic acids is 1. The van der Waals surface area contributed by atoms with Gasteiger partial charge in [0.15, 0.2) is 0 Å². The van der Waals surface area contributed by atoms with Gasteiger partial charge in [-0.15, -0.1) is 11.3 Å². The molecular weight excluding hydrogens is 226 g/mol. The highest BCUT2D eigenvalue weighted by Crippen LogP contribution is 2.50. The summed E-state index contributed by atoms with van der Waals surface area (Å²) in [6, 6.07) is 0. The molecular formula is C11H11NO3S. The third-order valence-corrected chi connectivity index (χ3v) is 4.45. The Balaban J connectivity index is 2.03. The predicted molar refractivity (Wildman–Crippen MR) is 57.6 cm³/mol. The number of hydrogen-bond acceptors (Lipinski definition) is 4. The van der Waals surface area contributed by atoms with Gasteiger partial charge in [0.25, 0.3) is 0 Å². The average molecular weight is 237 g/mol. The van der Waals surface area contributed by atoms with Crippen LogP contribution in [0.1, 0.15) is 42.2 Å². The van der Waals surface area contributed by atoms with Gasteiger partial charge in [-0.05, 0) is 12.8 Å². The van der Waals surface area contributed by atoms with Gasteiger partial charge >= 0.3 is 5.97 Å². The molecule has 0 atom stereocenters. The fourth-order valence-electron chi connectivity index (χ4n) is 2.29. The molecule has 84 valence electrons. The summed E-state index contributed by atoms with van der Waals surface area (Å²) in [7, 11) is 0. The first kappa shape index (κ1) is 9.96. The van der Waals surface area contributed by atoms with Gasteiger partial charge in [0.2, 0.25) is 0 Å². The van der Waals surface area contributed by atoms with Gasteiger partial charge < -0.3 is 5.11 Å². The fourth-order valence-corrected chi connectivity index (χ4v) is 3.36. The van der Waals surface area contributed by atoms with Crippen LogP contribution in [0.4, 0.5) is 0 Å². The zero-order chi connectivity index (χ0) is 11.3. The Bertz CT molecular complexity index is 467. The van der Waals surface area contributed by atoms with E-state index in [1.54, 1.807) is 5.51 Å². The topological polar surface area (TPSA) is 67.3 Å². The van der Waals surface area contributed by atoms with Crippen molar-refractivity contribution in [3.05, 3.63) is 16.1 Å². The van der Waals surface area contributed by atoms with Crippen molar-refractivity contribution < 1.29 is 14.7 Å². The minimum Gasteiger partial charge on any atom is -0.481 e. The lowest BCUT2D eigenvalue weighted by Gasteiger charge is -2.35. The van der Waals surface area contributed by atoms with E-state index in [0.717, 1.165) is 23.4 Å². The van der Waals surface area contributed by atoms with Crippen LogP contribution in [-0.2, 0) is 15.0 Å². The normalized spacial score (nSPS) is 22.9. The molecule has 1 heterocycles. The van der Waals surface area contributed by atoms with E-state index in [2.05, 4.69) is 4.98 Å². The molecule has 2 saturated carbocycles. The summed E-state index contributed by atoms with van der Waals surface area (Å²) < 4.78 is 0. The zero-order valence-electron chi connectivity index (χ0n) is 8.60. The van der Waals surface area contributed by atoms with Gasteiger partial charge in [0.05, 0.1) is 11.2 Å². The number of Topliss-reactive ketones (excluding diaryl/α,β-unsaturated/α-hetero) is 1. The van der Waals surface area contributed by atoms with E-state index in [0.29, 0.717) is 5.92 Å². The first-order valence-corrected chi connectivity index (χ1v) is 6.20. The highest BCUT2D eigenvalue weighted by Gasteiger charge is 2.54. The van der Waals surface area contributed by atoms with Gasteiger partial charge in [-0.2, -0.15) is 0 Å². The van der Waals surface area contributed by atoms with Crippen LogP contribution in [0.2, 0.25) is 0 Å². The molecule has 0 unspecified atom stereocenters. The SMILES string of the molecule is O=C1CC(C(=O)O)(c2scnc2C2CC2)C1. The second-order valence-electron chi connectivity index (χ2n) is 4.62. The Hall–Kier alpha value is -1.23. The highest BCUT2D eigenvalue weighted by molar-refractivity contribution is 7.10. The molecule has 1 N–H and O–H groups in total. The quantitative estimate of drug-likeness (QED) is 0.869. The van der Waals surface area contributed by atoms with E-state index in [1.165, 1.54) is 11.3 Å². The van der Waals surface area contributed by atoms with Gasteiger partial charge in [0, 0.05) is 23.6 Å². The smallest absolute Gasteiger partial charge is 0.315 e. The summed E-state index contributed by atoms with van der Waals surface area (Å²) in [5, 5.41) is 9.33. The van der Waals surface area contributed by atoms with Crippen LogP contribution < -0.4 is 0 Å². The molecule has 0 bridgehead atoms. The van der Waals surface area contributed by atoms with Crippen molar-refractivity contribution in [3.63, 3.8) is 0 Å². The fraction of sp³-hybridized carbons (Fsp3) is 0.545. The lowest BCUT2D eigenvalue weighted by molar-refractivity contribution is -0.153. The van der Waals surface area contributed by atoms with E-state index in [1.807, 2.05) is 0 Å². The Labute approximate surface area is 96.3 Å². The maximum absolute atomic E-state index is 11.4. The second-order valence-corrected chi connectivity index (χ2v) is 5.48. The number of rotatable bonds is 3. The van der Waals surface area contributed by atoms with Gasteiger partial charge in [-0.1, -0.05) is 0 Å². The maximum atomic E-state index is 11.4. The van der Waals surface area contributed by atoms with Crippen LogP contribution in [0.5, 0.6) is 0 Å². The molecule has 0 saturated heterocycles. The first-order chi connectivity index (χ1) is 7.63. The number of carboxylic acid groups (broad SMARTS) is 1. The molecule has 0 amide bonds. The number of ketones is 1. The number of nitrogens with zero attached hydrogens (tertiary/aromatic N) is 1. The number of carboxylic acids is 1. The highest BCUT2D eigenvalue weighted by atomic mass is 32.1. The van der Waals surface area contributed by atoms with Crippen molar-refractivity contribution in [2.24, 2.45) is 0 Å². The van der Waals surface area contributed by atoms with Crippen molar-refractivity contribution in [3.8, 4) is 0 Å². The molecule has 2 aliphatic carbocycles. The van der Waals surface area contributed by atoms with Crippen molar-refractivity contribution in [1.29, 1.82) is 0 Å². The third-order valence-electron chi connectivity index (χ3n) is 3.40. The van der Waals surface area contributed by atoms with E-state index in [9.17, 15) is 14.7 Å². The number of aliphatic carboxylic acids is 1. The number of carbonyl (C=O) groups is 2. The molecule has 4 nitrogen and oxygen atoms in total. The van der Waals surface area contributed by atoms with Crippen LogP contribution in [0.25, 0.3) is 0 Å². The standard InChI is InChI=1S/C11H11NO3S/c13-7-3-11(4-7,10(14)15)9-8(6-1-2-6)12-5-16-9/h5-6H,1-4H2,(H,14,15). The van der Waals surface area contributed by atoms with Crippen LogP contribution in [0.15, 0.2) is 5.51 Å². The summed E-state index contributed by atoms with van der Waals surface area (Å²) in [5.74, 6) is -0.399. The molecule has 5 heteroatoms. The number of aromatic nitrogens is 1. The van der Waals surface area contributed by atoms with Crippen molar-refractivity contribution in [2.45, 2.75) is 37.0 Å². The molecule has 0 aliphatic heterocycles. The molecule has 0 aromatic carbocycles. The van der Waals surface area contributed by atoms with Crippen molar-refractivity contribution in [2.75, 3.05) is 0 Å². The summed E-state index contributed by atoms with van der Waals surface area (Å²) in [6.07, 6.45) is 2.48. The van der Waals surface area contributed by atoms with Crippen LogP contribution >= 0.6 is 11.3 Å². The van der Waals surface area contributed by atoms with Gasteiger partial charge in [-0.3, -0.25) is 9.59 Å². The second kappa shape index (κ2) is 3.13. The maximum Gasteiger partial charge on any atom is 0.315 e. The van der Waals surface area contributed by atoms with Crippen molar-refractivity contribution >= 4 is 23.1 Å². The van der Waals surface area contributed by atoms with E-state index < -0.39 is 11.4 Å². The summed E-state index contributed by atoms with van der Waals surface area (Å²) in [4.78, 5) is 27.6. The summed E-state index contributed by atoms with van der Waals surface area (Å²) in [5.41, 5.74) is 1.69. The van der Waals surface area contributed by atoms with Gasteiger partial charge in [-0.25, -0.2) is 4.98 Å². The van der Waals surface area contributed by atoms with Crippen LogP contribution in [0, 0.1) is 0 Å². The molecule has 0 radical (unpaired) electrons. The number of thiazole rings is 1. The van der Waals surface area contributed by atoms with Crippen molar-refractivity contribution in [1.82, 2.24) is 4.98 Å². The molecule has 3 rings (SSSR count). The Morgan fingerprint density at radius 2 is 2.19 bits per heavy atom. The minimum atomic E-state index is -0.948.